The smallest absolute Gasteiger partial charge is 0.318 e. The summed E-state index contributed by atoms with van der Waals surface area (Å²) < 4.78 is 36.4. The van der Waals surface area contributed by atoms with E-state index >= 15 is 0 Å². The van der Waals surface area contributed by atoms with Crippen LogP contribution in [0.4, 0.5) is 18.9 Å². The van der Waals surface area contributed by atoms with E-state index in [9.17, 15) is 18.0 Å². The van der Waals surface area contributed by atoms with Crippen molar-refractivity contribution >= 4 is 11.6 Å². The van der Waals surface area contributed by atoms with Crippen LogP contribution in [0.3, 0.4) is 0 Å². The van der Waals surface area contributed by atoms with Gasteiger partial charge in [0.15, 0.2) is 0 Å². The summed E-state index contributed by atoms with van der Waals surface area (Å²) in [5.74, 6) is -2.01. The van der Waals surface area contributed by atoms with Crippen LogP contribution in [0, 0.1) is 0 Å². The molecule has 0 aliphatic carbocycles. The summed E-state index contributed by atoms with van der Waals surface area (Å²) in [5.41, 5.74) is 1.31. The van der Waals surface area contributed by atoms with Crippen molar-refractivity contribution in [3.8, 4) is 11.1 Å². The third kappa shape index (κ3) is 3.27. The van der Waals surface area contributed by atoms with Gasteiger partial charge in [0, 0.05) is 23.6 Å². The van der Waals surface area contributed by atoms with Gasteiger partial charge in [0.05, 0.1) is 0 Å². The molecule has 1 aromatic heterocycles. The van der Waals surface area contributed by atoms with Gasteiger partial charge in [-0.25, -0.2) is 9.97 Å². The van der Waals surface area contributed by atoms with E-state index in [1.54, 1.807) is 11.4 Å². The maximum absolute atomic E-state index is 12.1. The lowest BCUT2D eigenvalue weighted by molar-refractivity contribution is -0.167. The molecule has 1 N–H and O–H groups in total. The molecule has 1 aromatic carbocycles. The highest BCUT2D eigenvalue weighted by molar-refractivity contribution is 5.95. The first-order valence-electron chi connectivity index (χ1n) is 5.20. The van der Waals surface area contributed by atoms with Crippen molar-refractivity contribution < 1.29 is 18.0 Å². The number of nitrogens with zero attached hydrogens (tertiary/aromatic N) is 2. The predicted octanol–water partition coefficient (Wildman–Crippen LogP) is 2.64. The first-order chi connectivity index (χ1) is 8.97. The Morgan fingerprint density at radius 2 is 1.79 bits per heavy atom. The maximum atomic E-state index is 12.1. The number of amides is 1. The van der Waals surface area contributed by atoms with Gasteiger partial charge >= 0.3 is 12.1 Å². The summed E-state index contributed by atoms with van der Waals surface area (Å²) >= 11 is 0. The van der Waals surface area contributed by atoms with Crippen LogP contribution < -0.4 is 5.32 Å². The molecule has 0 fully saturated rings. The molecule has 2 rings (SSSR count). The minimum absolute atomic E-state index is 0.0590. The lowest BCUT2D eigenvalue weighted by atomic mass is 10.1. The molecule has 98 valence electrons. The van der Waals surface area contributed by atoms with Crippen LogP contribution in [0.25, 0.3) is 11.1 Å². The van der Waals surface area contributed by atoms with Crippen molar-refractivity contribution in [2.24, 2.45) is 0 Å². The number of halogens is 3. The normalized spacial score (nSPS) is 11.1. The zero-order chi connectivity index (χ0) is 13.9. The first-order valence-corrected chi connectivity index (χ1v) is 5.20. The maximum Gasteiger partial charge on any atom is 0.471 e. The number of rotatable bonds is 2. The van der Waals surface area contributed by atoms with E-state index in [-0.39, 0.29) is 5.69 Å². The molecule has 0 aliphatic heterocycles. The number of benzene rings is 1. The number of aromatic nitrogens is 2. The van der Waals surface area contributed by atoms with E-state index in [0.717, 1.165) is 0 Å². The molecule has 0 bridgehead atoms. The number of anilines is 1. The predicted molar refractivity (Wildman–Crippen MR) is 62.2 cm³/mol. The SMILES string of the molecule is O=C(Nc1cccc(-c2cncnc2)c1)C(F)(F)F. The summed E-state index contributed by atoms with van der Waals surface area (Å²) in [7, 11) is 0. The molecule has 0 saturated heterocycles. The van der Waals surface area contributed by atoms with Gasteiger partial charge in [-0.3, -0.25) is 4.79 Å². The second-order valence-corrected chi connectivity index (χ2v) is 3.66. The Bertz CT molecular complexity index is 584. The van der Waals surface area contributed by atoms with E-state index in [1.807, 2.05) is 0 Å². The molecule has 0 saturated carbocycles. The van der Waals surface area contributed by atoms with Gasteiger partial charge in [-0.1, -0.05) is 12.1 Å². The molecule has 1 heterocycles. The molecule has 0 unspecified atom stereocenters. The fourth-order valence-corrected chi connectivity index (χ4v) is 1.43. The molecule has 0 spiro atoms. The second-order valence-electron chi connectivity index (χ2n) is 3.66. The van der Waals surface area contributed by atoms with Crippen molar-refractivity contribution in [2.75, 3.05) is 5.32 Å². The van der Waals surface area contributed by atoms with Crippen molar-refractivity contribution in [1.29, 1.82) is 0 Å². The molecule has 0 atom stereocenters. The number of hydrogen-bond donors (Lipinski definition) is 1. The van der Waals surface area contributed by atoms with Crippen molar-refractivity contribution in [1.82, 2.24) is 9.97 Å². The quantitative estimate of drug-likeness (QED) is 0.910. The van der Waals surface area contributed by atoms with E-state index in [4.69, 9.17) is 0 Å². The molecule has 0 radical (unpaired) electrons. The average molecular weight is 267 g/mol. The highest BCUT2D eigenvalue weighted by Crippen LogP contribution is 2.23. The standard InChI is InChI=1S/C12H8F3N3O/c13-12(14,15)11(19)18-10-3-1-2-8(4-10)9-5-16-7-17-6-9/h1-7H,(H,18,19). The minimum Gasteiger partial charge on any atom is -0.318 e. The Labute approximate surface area is 106 Å². The Balaban J connectivity index is 2.24. The van der Waals surface area contributed by atoms with Crippen LogP contribution in [0.5, 0.6) is 0 Å². The largest absolute Gasteiger partial charge is 0.471 e. The second kappa shape index (κ2) is 5.05. The summed E-state index contributed by atoms with van der Waals surface area (Å²) in [6.45, 7) is 0. The highest BCUT2D eigenvalue weighted by Gasteiger charge is 2.38. The Morgan fingerprint density at radius 1 is 1.11 bits per heavy atom. The van der Waals surface area contributed by atoms with Crippen LogP contribution >= 0.6 is 0 Å². The van der Waals surface area contributed by atoms with Crippen LogP contribution in [-0.4, -0.2) is 22.1 Å². The number of nitrogens with one attached hydrogen (secondary N) is 1. The summed E-state index contributed by atoms with van der Waals surface area (Å²) in [5, 5.41) is 1.79. The molecule has 0 aliphatic rings. The Kier molecular flexibility index (Phi) is 3.46. The molecule has 1 amide bonds. The zero-order valence-electron chi connectivity index (χ0n) is 9.48. The Hall–Kier alpha value is -2.44. The lowest BCUT2D eigenvalue weighted by Crippen LogP contribution is -2.29. The van der Waals surface area contributed by atoms with Crippen molar-refractivity contribution in [2.45, 2.75) is 6.18 Å². The van der Waals surface area contributed by atoms with Crippen molar-refractivity contribution in [3.63, 3.8) is 0 Å². The minimum atomic E-state index is -4.91. The molecular weight excluding hydrogens is 259 g/mol. The van der Waals surface area contributed by atoms with Crippen LogP contribution in [0.2, 0.25) is 0 Å². The fraction of sp³-hybridized carbons (Fsp3) is 0.0833. The van der Waals surface area contributed by atoms with Crippen LogP contribution in [0.15, 0.2) is 43.0 Å². The Morgan fingerprint density at radius 3 is 2.42 bits per heavy atom. The summed E-state index contributed by atoms with van der Waals surface area (Å²) in [6, 6.07) is 6.01. The average Bonchev–Trinajstić information content (AvgIpc) is 2.39. The van der Waals surface area contributed by atoms with E-state index in [0.29, 0.717) is 11.1 Å². The van der Waals surface area contributed by atoms with Crippen LogP contribution in [-0.2, 0) is 4.79 Å². The lowest BCUT2D eigenvalue weighted by Gasteiger charge is -2.09. The van der Waals surface area contributed by atoms with Gasteiger partial charge in [-0.15, -0.1) is 0 Å². The van der Waals surface area contributed by atoms with Crippen molar-refractivity contribution in [3.05, 3.63) is 43.0 Å². The van der Waals surface area contributed by atoms with Gasteiger partial charge in [-0.2, -0.15) is 13.2 Å². The molecule has 19 heavy (non-hydrogen) atoms. The van der Waals surface area contributed by atoms with Gasteiger partial charge in [-0.05, 0) is 17.7 Å². The third-order valence-electron chi connectivity index (χ3n) is 2.27. The van der Waals surface area contributed by atoms with Gasteiger partial charge in [0.2, 0.25) is 0 Å². The molecular formula is C12H8F3N3O. The van der Waals surface area contributed by atoms with E-state index in [1.165, 1.54) is 36.9 Å². The van der Waals surface area contributed by atoms with Gasteiger partial charge in [0.25, 0.3) is 0 Å². The van der Waals surface area contributed by atoms with Crippen LogP contribution in [0.1, 0.15) is 0 Å². The number of alkyl halides is 3. The highest BCUT2D eigenvalue weighted by atomic mass is 19.4. The zero-order valence-corrected chi connectivity index (χ0v) is 9.48. The number of carbonyl (C=O) groups is 1. The van der Waals surface area contributed by atoms with E-state index < -0.39 is 12.1 Å². The summed E-state index contributed by atoms with van der Waals surface area (Å²) in [4.78, 5) is 18.4. The van der Waals surface area contributed by atoms with Gasteiger partial charge < -0.3 is 5.32 Å². The van der Waals surface area contributed by atoms with E-state index in [2.05, 4.69) is 9.97 Å². The third-order valence-corrected chi connectivity index (χ3v) is 2.27. The molecule has 4 nitrogen and oxygen atoms in total. The summed E-state index contributed by atoms with van der Waals surface area (Å²) in [6.07, 6.45) is -0.514. The van der Waals surface area contributed by atoms with Gasteiger partial charge in [0.1, 0.15) is 6.33 Å². The monoisotopic (exact) mass is 267 g/mol. The first kappa shape index (κ1) is 13.0. The number of hydrogen-bond acceptors (Lipinski definition) is 3. The topological polar surface area (TPSA) is 54.9 Å². The number of carbonyl (C=O) groups excluding carboxylic acids is 1. The fourth-order valence-electron chi connectivity index (χ4n) is 1.43. The molecule has 2 aromatic rings. The molecule has 7 heteroatoms.